The lowest BCUT2D eigenvalue weighted by molar-refractivity contribution is -0.139. The molecule has 0 aliphatic heterocycles. The molecule has 2 aromatic carbocycles. The van der Waals surface area contributed by atoms with E-state index in [0.717, 1.165) is 10.5 Å². The van der Waals surface area contributed by atoms with Gasteiger partial charge in [-0.3, -0.25) is 9.59 Å². The lowest BCUT2D eigenvalue weighted by atomic mass is 10.1. The van der Waals surface area contributed by atoms with E-state index in [2.05, 4.69) is 19.2 Å². The molecular formula is C24H32N2O2S. The van der Waals surface area contributed by atoms with E-state index in [0.29, 0.717) is 31.2 Å². The van der Waals surface area contributed by atoms with E-state index in [1.54, 1.807) is 4.90 Å². The Morgan fingerprint density at radius 3 is 2.28 bits per heavy atom. The van der Waals surface area contributed by atoms with E-state index in [1.165, 1.54) is 17.3 Å². The fourth-order valence-corrected chi connectivity index (χ4v) is 3.77. The molecule has 1 N–H and O–H groups in total. The van der Waals surface area contributed by atoms with Gasteiger partial charge in [0, 0.05) is 18.0 Å². The van der Waals surface area contributed by atoms with Crippen LogP contribution in [-0.2, 0) is 16.1 Å². The lowest BCUT2D eigenvalue weighted by Gasteiger charge is -2.31. The Labute approximate surface area is 179 Å². The molecule has 0 radical (unpaired) electrons. The third-order valence-electron chi connectivity index (χ3n) is 4.65. The van der Waals surface area contributed by atoms with Gasteiger partial charge in [-0.2, -0.15) is 0 Å². The molecule has 0 aliphatic rings. The number of aryl methyl sites for hydroxylation is 1. The predicted molar refractivity (Wildman–Crippen MR) is 121 cm³/mol. The molecule has 0 heterocycles. The number of hydrogen-bond acceptors (Lipinski definition) is 3. The Morgan fingerprint density at radius 2 is 1.69 bits per heavy atom. The number of nitrogens with zero attached hydrogens (tertiary/aromatic N) is 1. The van der Waals surface area contributed by atoms with E-state index in [9.17, 15) is 9.59 Å². The average molecular weight is 413 g/mol. The molecule has 0 saturated heterocycles. The van der Waals surface area contributed by atoms with Crippen LogP contribution in [0.1, 0.15) is 38.3 Å². The molecule has 0 spiro atoms. The van der Waals surface area contributed by atoms with Crippen molar-refractivity contribution in [1.82, 2.24) is 10.2 Å². The number of amides is 2. The molecule has 2 rings (SSSR count). The number of carbonyl (C=O) groups excluding carboxylic acids is 2. The lowest BCUT2D eigenvalue weighted by Crippen LogP contribution is -2.50. The van der Waals surface area contributed by atoms with Crippen LogP contribution in [0.4, 0.5) is 0 Å². The first kappa shape index (κ1) is 23.0. The smallest absolute Gasteiger partial charge is 0.242 e. The Bertz CT molecular complexity index is 775. The summed E-state index contributed by atoms with van der Waals surface area (Å²) in [6.07, 6.45) is 0.581. The summed E-state index contributed by atoms with van der Waals surface area (Å²) in [6.45, 7) is 9.17. The highest BCUT2D eigenvalue weighted by molar-refractivity contribution is 8.00. The van der Waals surface area contributed by atoms with Crippen LogP contribution in [0.3, 0.4) is 0 Å². The first-order chi connectivity index (χ1) is 13.9. The van der Waals surface area contributed by atoms with E-state index in [-0.39, 0.29) is 11.8 Å². The molecule has 29 heavy (non-hydrogen) atoms. The summed E-state index contributed by atoms with van der Waals surface area (Å²) in [5, 5.41) is 2.99. The number of thioether (sulfide) groups is 1. The highest BCUT2D eigenvalue weighted by Gasteiger charge is 2.28. The topological polar surface area (TPSA) is 49.4 Å². The van der Waals surface area contributed by atoms with Gasteiger partial charge in [0.1, 0.15) is 6.04 Å². The third-order valence-corrected chi connectivity index (χ3v) is 5.65. The summed E-state index contributed by atoms with van der Waals surface area (Å²) in [7, 11) is 0. The van der Waals surface area contributed by atoms with Crippen molar-refractivity contribution < 1.29 is 9.59 Å². The van der Waals surface area contributed by atoms with Gasteiger partial charge in [-0.15, -0.1) is 11.8 Å². The van der Waals surface area contributed by atoms with Crippen molar-refractivity contribution in [2.45, 2.75) is 51.6 Å². The maximum Gasteiger partial charge on any atom is 0.242 e. The minimum Gasteiger partial charge on any atom is -0.354 e. The second-order valence-electron chi connectivity index (χ2n) is 7.67. The van der Waals surface area contributed by atoms with Gasteiger partial charge in [-0.05, 0) is 37.0 Å². The number of nitrogens with one attached hydrogen (secondary N) is 1. The minimum atomic E-state index is -0.472. The summed E-state index contributed by atoms with van der Waals surface area (Å²) in [6, 6.07) is 17.5. The minimum absolute atomic E-state index is 0.0222. The van der Waals surface area contributed by atoms with Gasteiger partial charge in [0.25, 0.3) is 0 Å². The highest BCUT2D eigenvalue weighted by Crippen LogP contribution is 2.21. The molecule has 156 valence electrons. The van der Waals surface area contributed by atoms with Gasteiger partial charge < -0.3 is 10.2 Å². The van der Waals surface area contributed by atoms with Gasteiger partial charge >= 0.3 is 0 Å². The molecule has 0 aromatic heterocycles. The molecule has 0 saturated carbocycles. The molecule has 5 heteroatoms. The van der Waals surface area contributed by atoms with Crippen molar-refractivity contribution in [2.75, 3.05) is 12.3 Å². The largest absolute Gasteiger partial charge is 0.354 e. The van der Waals surface area contributed by atoms with Crippen LogP contribution in [0, 0.1) is 12.8 Å². The molecule has 0 aliphatic carbocycles. The first-order valence-corrected chi connectivity index (χ1v) is 11.2. The molecular weight excluding hydrogens is 380 g/mol. The summed E-state index contributed by atoms with van der Waals surface area (Å²) in [5.41, 5.74) is 2.22. The summed E-state index contributed by atoms with van der Waals surface area (Å²) in [4.78, 5) is 28.8. The summed E-state index contributed by atoms with van der Waals surface area (Å²) in [5.74, 6) is 0.577. The fraction of sp³-hybridized carbons (Fsp3) is 0.417. The zero-order chi connectivity index (χ0) is 21.2. The second-order valence-corrected chi connectivity index (χ2v) is 8.72. The van der Waals surface area contributed by atoms with E-state index >= 15 is 0 Å². The number of rotatable bonds is 10. The maximum atomic E-state index is 13.2. The fourth-order valence-electron chi connectivity index (χ4n) is 2.98. The number of benzene rings is 2. The monoisotopic (exact) mass is 412 g/mol. The van der Waals surface area contributed by atoms with Gasteiger partial charge in [0.05, 0.1) is 5.75 Å². The van der Waals surface area contributed by atoms with Crippen molar-refractivity contribution in [3.05, 3.63) is 65.7 Å². The van der Waals surface area contributed by atoms with Crippen molar-refractivity contribution >= 4 is 23.6 Å². The van der Waals surface area contributed by atoms with Crippen LogP contribution in [0.2, 0.25) is 0 Å². The van der Waals surface area contributed by atoms with Crippen LogP contribution in [0.15, 0.2) is 59.5 Å². The van der Waals surface area contributed by atoms with Crippen LogP contribution in [-0.4, -0.2) is 35.1 Å². The van der Waals surface area contributed by atoms with E-state index in [4.69, 9.17) is 0 Å². The average Bonchev–Trinajstić information content (AvgIpc) is 2.72. The van der Waals surface area contributed by atoms with Crippen LogP contribution < -0.4 is 5.32 Å². The van der Waals surface area contributed by atoms with Gasteiger partial charge in [-0.1, -0.05) is 68.8 Å². The molecule has 2 amide bonds. The van der Waals surface area contributed by atoms with Crippen molar-refractivity contribution in [3.63, 3.8) is 0 Å². The summed E-state index contributed by atoms with van der Waals surface area (Å²) >= 11 is 1.51. The van der Waals surface area contributed by atoms with Crippen molar-refractivity contribution in [3.8, 4) is 0 Å². The Kier molecular flexibility index (Phi) is 9.26. The van der Waals surface area contributed by atoms with Crippen LogP contribution in [0.25, 0.3) is 0 Å². The van der Waals surface area contributed by atoms with Crippen molar-refractivity contribution in [1.29, 1.82) is 0 Å². The molecule has 1 atom stereocenters. The zero-order valence-corrected chi connectivity index (χ0v) is 18.7. The highest BCUT2D eigenvalue weighted by atomic mass is 32.2. The first-order valence-electron chi connectivity index (χ1n) is 10.2. The van der Waals surface area contributed by atoms with Gasteiger partial charge in [-0.25, -0.2) is 0 Å². The normalized spacial score (nSPS) is 11.9. The Balaban J connectivity index is 2.14. The maximum absolute atomic E-state index is 13.2. The van der Waals surface area contributed by atoms with Crippen LogP contribution in [0.5, 0.6) is 0 Å². The number of hydrogen-bond donors (Lipinski definition) is 1. The molecule has 1 unspecified atom stereocenters. The Hall–Kier alpha value is -2.27. The Morgan fingerprint density at radius 1 is 1.03 bits per heavy atom. The molecule has 4 nitrogen and oxygen atoms in total. The zero-order valence-electron chi connectivity index (χ0n) is 17.9. The van der Waals surface area contributed by atoms with Gasteiger partial charge in [0.15, 0.2) is 0 Å². The van der Waals surface area contributed by atoms with Crippen LogP contribution >= 0.6 is 11.8 Å². The predicted octanol–water partition coefficient (Wildman–Crippen LogP) is 4.67. The van der Waals surface area contributed by atoms with E-state index in [1.807, 2.05) is 68.4 Å². The molecule has 0 fully saturated rings. The second kappa shape index (κ2) is 11.7. The van der Waals surface area contributed by atoms with E-state index < -0.39 is 6.04 Å². The van der Waals surface area contributed by atoms with Gasteiger partial charge in [0.2, 0.25) is 11.8 Å². The van der Waals surface area contributed by atoms with Crippen molar-refractivity contribution in [2.24, 2.45) is 5.92 Å². The quantitative estimate of drug-likeness (QED) is 0.577. The summed E-state index contributed by atoms with van der Waals surface area (Å²) < 4.78 is 0. The molecule has 2 aromatic rings. The standard InChI is InChI=1S/C24H32N2O2S/c1-5-22(24(28)25-15-18(2)3)26(16-20-9-7-6-8-10-20)23(27)17-29-21-13-11-19(4)12-14-21/h6-14,18,22H,5,15-17H2,1-4H3,(H,25,28). The third kappa shape index (κ3) is 7.58. The SMILES string of the molecule is CCC(C(=O)NCC(C)C)N(Cc1ccccc1)C(=O)CSc1ccc(C)cc1. The molecule has 0 bridgehead atoms. The number of carbonyl (C=O) groups is 2.